The van der Waals surface area contributed by atoms with Crippen LogP contribution in [0.4, 0.5) is 0 Å². The van der Waals surface area contributed by atoms with Gasteiger partial charge in [-0.2, -0.15) is 0 Å². The van der Waals surface area contributed by atoms with Gasteiger partial charge in [0.1, 0.15) is 0 Å². The van der Waals surface area contributed by atoms with Crippen LogP contribution in [-0.4, -0.2) is 5.78 Å². The van der Waals surface area contributed by atoms with E-state index in [1.54, 1.807) is 6.08 Å². The number of ketones is 1. The molecule has 0 fully saturated rings. The Hall–Kier alpha value is -2.93. The van der Waals surface area contributed by atoms with E-state index in [-0.39, 0.29) is 5.78 Å². The molecule has 0 aliphatic rings. The molecule has 0 aliphatic heterocycles. The molecule has 0 bridgehead atoms. The van der Waals surface area contributed by atoms with E-state index in [0.29, 0.717) is 5.92 Å². The second-order valence-electron chi connectivity index (χ2n) is 6.98. The first-order chi connectivity index (χ1) is 12.6. The van der Waals surface area contributed by atoms with Gasteiger partial charge in [-0.3, -0.25) is 4.79 Å². The van der Waals surface area contributed by atoms with E-state index in [0.717, 1.165) is 17.5 Å². The largest absolute Gasteiger partial charge is 0.289 e. The van der Waals surface area contributed by atoms with Crippen LogP contribution in [0.1, 0.15) is 35.3 Å². The summed E-state index contributed by atoms with van der Waals surface area (Å²) < 4.78 is 0. The van der Waals surface area contributed by atoms with Crippen LogP contribution < -0.4 is 0 Å². The maximum Gasteiger partial charge on any atom is 0.185 e. The van der Waals surface area contributed by atoms with Crippen LogP contribution in [0.15, 0.2) is 84.9 Å². The molecule has 0 heterocycles. The summed E-state index contributed by atoms with van der Waals surface area (Å²) in [5.41, 5.74) is 5.40. The number of hydrogen-bond acceptors (Lipinski definition) is 1. The van der Waals surface area contributed by atoms with Crippen molar-refractivity contribution in [3.63, 3.8) is 0 Å². The summed E-state index contributed by atoms with van der Waals surface area (Å²) in [6.45, 7) is 4.40. The lowest BCUT2D eigenvalue weighted by Gasteiger charge is -2.05. The van der Waals surface area contributed by atoms with E-state index in [9.17, 15) is 4.79 Å². The standard InChI is InChI=1S/C25H24O/c1-19(2)18-21-10-15-24(16-11-21)25(26)17-12-20-8-13-23(14-9-20)22-6-4-3-5-7-22/h3-17,19H,18H2,1-2H3/b17-12+. The Balaban J connectivity index is 1.66. The normalized spacial score (nSPS) is 11.2. The smallest absolute Gasteiger partial charge is 0.185 e. The highest BCUT2D eigenvalue weighted by atomic mass is 16.1. The number of hydrogen-bond donors (Lipinski definition) is 0. The maximum absolute atomic E-state index is 12.4. The van der Waals surface area contributed by atoms with E-state index in [1.807, 2.05) is 48.5 Å². The lowest BCUT2D eigenvalue weighted by atomic mass is 10.0. The molecule has 1 heteroatoms. The lowest BCUT2D eigenvalue weighted by Crippen LogP contribution is -1.97. The predicted molar refractivity (Wildman–Crippen MR) is 110 cm³/mol. The fraction of sp³-hybridized carbons (Fsp3) is 0.160. The summed E-state index contributed by atoms with van der Waals surface area (Å²) >= 11 is 0. The van der Waals surface area contributed by atoms with Crippen molar-refractivity contribution in [2.75, 3.05) is 0 Å². The first-order valence-corrected chi connectivity index (χ1v) is 9.08. The van der Waals surface area contributed by atoms with Crippen molar-refractivity contribution >= 4 is 11.9 Å². The van der Waals surface area contributed by atoms with Gasteiger partial charge in [-0.25, -0.2) is 0 Å². The third-order valence-corrected chi connectivity index (χ3v) is 4.33. The average molecular weight is 340 g/mol. The SMILES string of the molecule is CC(C)Cc1ccc(C(=O)/C=C/c2ccc(-c3ccccc3)cc2)cc1. The first kappa shape index (κ1) is 17.9. The van der Waals surface area contributed by atoms with Crippen LogP contribution in [0.3, 0.4) is 0 Å². The molecule has 0 unspecified atom stereocenters. The van der Waals surface area contributed by atoms with Crippen LogP contribution in [0.25, 0.3) is 17.2 Å². The third-order valence-electron chi connectivity index (χ3n) is 4.33. The van der Waals surface area contributed by atoms with Gasteiger partial charge in [0.05, 0.1) is 0 Å². The van der Waals surface area contributed by atoms with E-state index >= 15 is 0 Å². The second-order valence-corrected chi connectivity index (χ2v) is 6.98. The Labute approximate surface area is 156 Å². The van der Waals surface area contributed by atoms with E-state index in [4.69, 9.17) is 0 Å². The molecule has 0 saturated carbocycles. The number of allylic oxidation sites excluding steroid dienone is 1. The molecular weight excluding hydrogens is 316 g/mol. The van der Waals surface area contributed by atoms with Crippen molar-refractivity contribution in [1.29, 1.82) is 0 Å². The summed E-state index contributed by atoms with van der Waals surface area (Å²) in [5, 5.41) is 0. The summed E-state index contributed by atoms with van der Waals surface area (Å²) in [5.74, 6) is 0.656. The molecule has 0 aliphatic carbocycles. The van der Waals surface area contributed by atoms with E-state index in [2.05, 4.69) is 50.2 Å². The van der Waals surface area contributed by atoms with Gasteiger partial charge in [-0.05, 0) is 40.7 Å². The van der Waals surface area contributed by atoms with Crippen molar-refractivity contribution < 1.29 is 4.79 Å². The predicted octanol–water partition coefficient (Wildman–Crippen LogP) is 6.45. The number of benzene rings is 3. The topological polar surface area (TPSA) is 17.1 Å². The molecule has 0 amide bonds. The second kappa shape index (κ2) is 8.44. The number of carbonyl (C=O) groups is 1. The van der Waals surface area contributed by atoms with Crippen LogP contribution in [-0.2, 0) is 6.42 Å². The molecule has 0 radical (unpaired) electrons. The van der Waals surface area contributed by atoms with Gasteiger partial charge in [0.2, 0.25) is 0 Å². The minimum Gasteiger partial charge on any atom is -0.289 e. The van der Waals surface area contributed by atoms with Gasteiger partial charge < -0.3 is 0 Å². The Morgan fingerprint density at radius 3 is 2.04 bits per heavy atom. The summed E-state index contributed by atoms with van der Waals surface area (Å²) in [6.07, 6.45) is 4.56. The van der Waals surface area contributed by atoms with Crippen molar-refractivity contribution in [2.45, 2.75) is 20.3 Å². The van der Waals surface area contributed by atoms with Gasteiger partial charge in [0, 0.05) is 5.56 Å². The molecule has 26 heavy (non-hydrogen) atoms. The molecule has 0 N–H and O–H groups in total. The van der Waals surface area contributed by atoms with Crippen LogP contribution >= 0.6 is 0 Å². The number of carbonyl (C=O) groups excluding carboxylic acids is 1. The van der Waals surface area contributed by atoms with E-state index in [1.165, 1.54) is 16.7 Å². The number of rotatable bonds is 6. The van der Waals surface area contributed by atoms with Crippen molar-refractivity contribution in [2.24, 2.45) is 5.92 Å². The Kier molecular flexibility index (Phi) is 5.80. The third kappa shape index (κ3) is 4.80. The summed E-state index contributed by atoms with van der Waals surface area (Å²) in [6, 6.07) is 26.5. The highest BCUT2D eigenvalue weighted by molar-refractivity contribution is 6.06. The molecular formula is C25H24O. The minimum absolute atomic E-state index is 0.0354. The monoisotopic (exact) mass is 340 g/mol. The highest BCUT2D eigenvalue weighted by Gasteiger charge is 2.03. The molecule has 3 aromatic rings. The summed E-state index contributed by atoms with van der Waals surface area (Å²) in [7, 11) is 0. The van der Waals surface area contributed by atoms with Gasteiger partial charge in [-0.15, -0.1) is 0 Å². The molecule has 130 valence electrons. The highest BCUT2D eigenvalue weighted by Crippen LogP contribution is 2.20. The van der Waals surface area contributed by atoms with Crippen LogP contribution in [0.5, 0.6) is 0 Å². The lowest BCUT2D eigenvalue weighted by molar-refractivity contribution is 0.104. The quantitative estimate of drug-likeness (QED) is 0.372. The van der Waals surface area contributed by atoms with Gasteiger partial charge in [0.25, 0.3) is 0 Å². The van der Waals surface area contributed by atoms with E-state index < -0.39 is 0 Å². The zero-order chi connectivity index (χ0) is 18.4. The van der Waals surface area contributed by atoms with Gasteiger partial charge >= 0.3 is 0 Å². The Bertz CT molecular complexity index is 870. The van der Waals surface area contributed by atoms with Crippen molar-refractivity contribution in [3.05, 3.63) is 102 Å². The zero-order valence-corrected chi connectivity index (χ0v) is 15.4. The van der Waals surface area contributed by atoms with Crippen LogP contribution in [0.2, 0.25) is 0 Å². The van der Waals surface area contributed by atoms with Crippen molar-refractivity contribution in [3.8, 4) is 11.1 Å². The van der Waals surface area contributed by atoms with Crippen molar-refractivity contribution in [1.82, 2.24) is 0 Å². The molecule has 0 saturated heterocycles. The zero-order valence-electron chi connectivity index (χ0n) is 15.4. The molecule has 0 atom stereocenters. The molecule has 3 aromatic carbocycles. The molecule has 0 spiro atoms. The fourth-order valence-electron chi connectivity index (χ4n) is 2.96. The Morgan fingerprint density at radius 2 is 1.42 bits per heavy atom. The Morgan fingerprint density at radius 1 is 0.808 bits per heavy atom. The first-order valence-electron chi connectivity index (χ1n) is 9.08. The van der Waals surface area contributed by atoms with Gasteiger partial charge in [0.15, 0.2) is 5.78 Å². The molecule has 3 rings (SSSR count). The fourth-order valence-corrected chi connectivity index (χ4v) is 2.96. The minimum atomic E-state index is 0.0354. The molecule has 1 nitrogen and oxygen atoms in total. The summed E-state index contributed by atoms with van der Waals surface area (Å²) in [4.78, 5) is 12.4. The van der Waals surface area contributed by atoms with Gasteiger partial charge in [-0.1, -0.05) is 98.8 Å². The average Bonchev–Trinajstić information content (AvgIpc) is 2.67. The molecule has 0 aromatic heterocycles. The van der Waals surface area contributed by atoms with Crippen LogP contribution in [0, 0.1) is 5.92 Å². The maximum atomic E-state index is 12.4.